The van der Waals surface area contributed by atoms with Crippen LogP contribution in [-0.4, -0.2) is 83.2 Å². The largest absolute Gasteiger partial charge is 0.491 e. The van der Waals surface area contributed by atoms with E-state index in [1.165, 1.54) is 0 Å². The van der Waals surface area contributed by atoms with Gasteiger partial charge in [-0.2, -0.15) is 0 Å². The summed E-state index contributed by atoms with van der Waals surface area (Å²) in [7, 11) is 0. The van der Waals surface area contributed by atoms with E-state index in [1.807, 2.05) is 25.1 Å². The molecule has 0 aliphatic carbocycles. The van der Waals surface area contributed by atoms with Crippen molar-refractivity contribution in [3.05, 3.63) is 47.5 Å². The third-order valence-corrected chi connectivity index (χ3v) is 7.23. The van der Waals surface area contributed by atoms with Gasteiger partial charge in [0, 0.05) is 49.2 Å². The minimum atomic E-state index is -0.621. The molecule has 0 radical (unpaired) electrons. The van der Waals surface area contributed by atoms with Crippen molar-refractivity contribution in [2.45, 2.75) is 39.0 Å². The fourth-order valence-electron chi connectivity index (χ4n) is 4.67. The molecule has 1 fully saturated rings. The molecule has 0 saturated carbocycles. The molecule has 0 bridgehead atoms. The molecule has 1 saturated heterocycles. The van der Waals surface area contributed by atoms with Crippen LogP contribution in [0.2, 0.25) is 0 Å². The van der Waals surface area contributed by atoms with Crippen LogP contribution < -0.4 is 15.4 Å². The number of ether oxygens (including phenoxy) is 1. The quantitative estimate of drug-likeness (QED) is 0.359. The molecule has 3 atom stereocenters. The van der Waals surface area contributed by atoms with Crippen LogP contribution in [0.15, 0.2) is 42.5 Å². The molecule has 2 amide bonds. The first-order valence-corrected chi connectivity index (χ1v) is 12.9. The van der Waals surface area contributed by atoms with E-state index in [9.17, 15) is 14.7 Å². The second kappa shape index (κ2) is 11.8. The number of hydrogen-bond donors (Lipinski definition) is 3. The lowest BCUT2D eigenvalue weighted by molar-refractivity contribution is -0.119. The SMILES string of the molecule is Cc1nc2cc(OC[C@@H](O)CN3CC(C)N(CC(=O)Nc4ccc(NC=O)cc4)C(C)C3)ccc2s1. The minimum absolute atomic E-state index is 0.0843. The van der Waals surface area contributed by atoms with Crippen molar-refractivity contribution < 1.29 is 19.4 Å². The van der Waals surface area contributed by atoms with E-state index in [4.69, 9.17) is 4.74 Å². The van der Waals surface area contributed by atoms with Crippen molar-refractivity contribution in [2.24, 2.45) is 0 Å². The number of nitrogens with zero attached hydrogens (tertiary/aromatic N) is 3. The fraction of sp³-hybridized carbons (Fsp3) is 0.423. The van der Waals surface area contributed by atoms with Gasteiger partial charge in [-0.3, -0.25) is 19.4 Å². The van der Waals surface area contributed by atoms with Crippen LogP contribution in [-0.2, 0) is 9.59 Å². The number of hydrogen-bond acceptors (Lipinski definition) is 8. The summed E-state index contributed by atoms with van der Waals surface area (Å²) in [4.78, 5) is 32.1. The molecule has 9 nitrogen and oxygen atoms in total. The predicted octanol–water partition coefficient (Wildman–Crippen LogP) is 2.95. The molecule has 2 aromatic carbocycles. The van der Waals surface area contributed by atoms with E-state index < -0.39 is 6.10 Å². The number of benzene rings is 2. The highest BCUT2D eigenvalue weighted by atomic mass is 32.1. The summed E-state index contributed by atoms with van der Waals surface area (Å²) in [5.74, 6) is 0.623. The second-order valence-electron chi connectivity index (χ2n) is 9.30. The zero-order valence-electron chi connectivity index (χ0n) is 20.8. The number of aliphatic hydroxyl groups excluding tert-OH is 1. The number of rotatable bonds is 10. The summed E-state index contributed by atoms with van der Waals surface area (Å²) >= 11 is 1.65. The third kappa shape index (κ3) is 6.79. The molecule has 36 heavy (non-hydrogen) atoms. The molecule has 4 rings (SSSR count). The number of thiazole rings is 1. The van der Waals surface area contributed by atoms with Gasteiger partial charge in [-0.05, 0) is 57.2 Å². The van der Waals surface area contributed by atoms with Gasteiger partial charge >= 0.3 is 0 Å². The topological polar surface area (TPSA) is 107 Å². The van der Waals surface area contributed by atoms with Gasteiger partial charge < -0.3 is 20.5 Å². The van der Waals surface area contributed by atoms with Crippen molar-refractivity contribution in [3.63, 3.8) is 0 Å². The molecule has 3 aromatic rings. The molecule has 10 heteroatoms. The van der Waals surface area contributed by atoms with Gasteiger partial charge in [0.1, 0.15) is 18.5 Å². The standard InChI is InChI=1S/C26H33N5O4S/c1-17-11-30(13-22(33)15-35-23-8-9-25-24(10-23)28-19(3)36-25)12-18(2)31(17)14-26(34)29-21-6-4-20(5-7-21)27-16-32/h4-10,16-18,22,33H,11-15H2,1-3H3,(H,27,32)(H,29,34)/t17?,18?,22-/m0/s1. The maximum absolute atomic E-state index is 12.6. The number of amides is 2. The summed E-state index contributed by atoms with van der Waals surface area (Å²) in [5.41, 5.74) is 2.27. The van der Waals surface area contributed by atoms with Crippen LogP contribution in [0.4, 0.5) is 11.4 Å². The highest BCUT2D eigenvalue weighted by Crippen LogP contribution is 2.25. The number of β-amino-alcohol motifs (C(OH)–C–C–N with tert-alkyl or cyclic N) is 1. The van der Waals surface area contributed by atoms with Gasteiger partial charge in [-0.25, -0.2) is 4.98 Å². The summed E-state index contributed by atoms with van der Waals surface area (Å²) in [5, 5.41) is 17.1. The summed E-state index contributed by atoms with van der Waals surface area (Å²) < 4.78 is 6.96. The summed E-state index contributed by atoms with van der Waals surface area (Å²) in [6.45, 7) is 8.70. The normalized spacial score (nSPS) is 19.7. The minimum Gasteiger partial charge on any atom is -0.491 e. The van der Waals surface area contributed by atoms with Gasteiger partial charge in [0.05, 0.1) is 21.8 Å². The van der Waals surface area contributed by atoms with Gasteiger partial charge in [-0.1, -0.05) is 0 Å². The lowest BCUT2D eigenvalue weighted by Crippen LogP contribution is -2.59. The Kier molecular flexibility index (Phi) is 8.52. The molecule has 2 heterocycles. The fourth-order valence-corrected chi connectivity index (χ4v) is 5.47. The molecular formula is C26H33N5O4S. The van der Waals surface area contributed by atoms with Gasteiger partial charge in [0.25, 0.3) is 0 Å². The number of fused-ring (bicyclic) bond motifs is 1. The van der Waals surface area contributed by atoms with Crippen LogP contribution in [0.3, 0.4) is 0 Å². The Morgan fingerprint density at radius 1 is 1.19 bits per heavy atom. The number of carbonyl (C=O) groups excluding carboxylic acids is 2. The third-order valence-electron chi connectivity index (χ3n) is 6.27. The number of aromatic nitrogens is 1. The molecule has 1 aromatic heterocycles. The van der Waals surface area contributed by atoms with Crippen molar-refractivity contribution in [3.8, 4) is 5.75 Å². The lowest BCUT2D eigenvalue weighted by Gasteiger charge is -2.44. The Balaban J connectivity index is 1.23. The number of piperazine rings is 1. The molecular weight excluding hydrogens is 478 g/mol. The van der Waals surface area contributed by atoms with E-state index in [0.29, 0.717) is 30.1 Å². The Bertz CT molecular complexity index is 1170. The van der Waals surface area contributed by atoms with Crippen LogP contribution in [0.25, 0.3) is 10.2 Å². The number of nitrogens with one attached hydrogen (secondary N) is 2. The molecule has 1 aliphatic rings. The van der Waals surface area contributed by atoms with E-state index >= 15 is 0 Å². The van der Waals surface area contributed by atoms with Crippen molar-refractivity contribution in [1.82, 2.24) is 14.8 Å². The van der Waals surface area contributed by atoms with Gasteiger partial charge in [0.2, 0.25) is 12.3 Å². The van der Waals surface area contributed by atoms with E-state index in [-0.39, 0.29) is 31.1 Å². The Labute approximate surface area is 215 Å². The Hall–Kier alpha value is -3.05. The Morgan fingerprint density at radius 2 is 1.89 bits per heavy atom. The van der Waals surface area contributed by atoms with Crippen LogP contribution in [0.1, 0.15) is 18.9 Å². The number of carbonyl (C=O) groups is 2. The highest BCUT2D eigenvalue weighted by molar-refractivity contribution is 7.18. The van der Waals surface area contributed by atoms with Gasteiger partial charge in [-0.15, -0.1) is 11.3 Å². The summed E-state index contributed by atoms with van der Waals surface area (Å²) in [6.07, 6.45) is -0.00475. The number of aryl methyl sites for hydroxylation is 1. The maximum atomic E-state index is 12.6. The van der Waals surface area contributed by atoms with Gasteiger partial charge in [0.15, 0.2) is 0 Å². The predicted molar refractivity (Wildman–Crippen MR) is 143 cm³/mol. The number of aliphatic hydroxyl groups is 1. The van der Waals surface area contributed by atoms with E-state index in [0.717, 1.165) is 28.3 Å². The first kappa shape index (κ1) is 26.0. The first-order chi connectivity index (χ1) is 17.3. The zero-order valence-corrected chi connectivity index (χ0v) is 21.6. The van der Waals surface area contributed by atoms with Crippen LogP contribution in [0.5, 0.6) is 5.75 Å². The second-order valence-corrected chi connectivity index (χ2v) is 10.5. The van der Waals surface area contributed by atoms with E-state index in [1.54, 1.807) is 35.6 Å². The molecule has 2 unspecified atom stereocenters. The average Bonchev–Trinajstić information content (AvgIpc) is 3.21. The van der Waals surface area contributed by atoms with E-state index in [2.05, 4.69) is 39.3 Å². The zero-order chi connectivity index (χ0) is 25.7. The van der Waals surface area contributed by atoms with Crippen LogP contribution in [0, 0.1) is 6.92 Å². The van der Waals surface area contributed by atoms with Crippen molar-refractivity contribution >= 4 is 45.2 Å². The lowest BCUT2D eigenvalue weighted by atomic mass is 10.1. The smallest absolute Gasteiger partial charge is 0.238 e. The molecule has 0 spiro atoms. The molecule has 1 aliphatic heterocycles. The van der Waals surface area contributed by atoms with Crippen molar-refractivity contribution in [1.29, 1.82) is 0 Å². The monoisotopic (exact) mass is 511 g/mol. The maximum Gasteiger partial charge on any atom is 0.238 e. The first-order valence-electron chi connectivity index (χ1n) is 12.1. The Morgan fingerprint density at radius 3 is 2.58 bits per heavy atom. The highest BCUT2D eigenvalue weighted by Gasteiger charge is 2.31. The average molecular weight is 512 g/mol. The number of anilines is 2. The van der Waals surface area contributed by atoms with Crippen molar-refractivity contribution in [2.75, 3.05) is 43.4 Å². The molecule has 3 N–H and O–H groups in total. The summed E-state index contributed by atoms with van der Waals surface area (Å²) in [6, 6.07) is 13.1. The molecule has 192 valence electrons. The van der Waals surface area contributed by atoms with Crippen LogP contribution >= 0.6 is 11.3 Å².